The zero-order valence-electron chi connectivity index (χ0n) is 15.5. The fourth-order valence-electron chi connectivity index (χ4n) is 2.54. The van der Waals surface area contributed by atoms with Gasteiger partial charge < -0.3 is 15.7 Å². The van der Waals surface area contributed by atoms with E-state index in [0.717, 1.165) is 18.2 Å². The maximum absolute atomic E-state index is 14.0. The molecule has 0 fully saturated rings. The monoisotopic (exact) mass is 385 g/mol. The second kappa shape index (κ2) is 8.71. The first-order valence-corrected chi connectivity index (χ1v) is 8.86. The molecular formula is C20H21F2N5O. The predicted octanol–water partition coefficient (Wildman–Crippen LogP) is 3.99. The minimum Gasteiger partial charge on any atom is -0.394 e. The highest BCUT2D eigenvalue weighted by Gasteiger charge is 2.16. The maximum atomic E-state index is 14.0. The number of aliphatic hydroxyl groups is 1. The van der Waals surface area contributed by atoms with E-state index in [-0.39, 0.29) is 36.0 Å². The average Bonchev–Trinajstić information content (AvgIpc) is 2.69. The van der Waals surface area contributed by atoms with E-state index in [9.17, 15) is 13.9 Å². The molecule has 1 aromatic carbocycles. The third kappa shape index (κ3) is 4.77. The van der Waals surface area contributed by atoms with Crippen molar-refractivity contribution in [3.63, 3.8) is 0 Å². The molecule has 0 radical (unpaired) electrons. The van der Waals surface area contributed by atoms with E-state index in [2.05, 4.69) is 25.6 Å². The summed E-state index contributed by atoms with van der Waals surface area (Å²) in [6.45, 7) is 3.81. The first-order valence-electron chi connectivity index (χ1n) is 8.86. The van der Waals surface area contributed by atoms with Crippen LogP contribution in [0.5, 0.6) is 0 Å². The number of anilines is 3. The van der Waals surface area contributed by atoms with Crippen molar-refractivity contribution in [1.82, 2.24) is 15.0 Å². The smallest absolute Gasteiger partial charge is 0.225 e. The number of halogens is 2. The molecule has 0 spiro atoms. The molecule has 3 rings (SSSR count). The van der Waals surface area contributed by atoms with Crippen LogP contribution in [0.3, 0.4) is 0 Å². The first kappa shape index (κ1) is 19.6. The van der Waals surface area contributed by atoms with Crippen LogP contribution in [0.2, 0.25) is 0 Å². The summed E-state index contributed by atoms with van der Waals surface area (Å²) in [5, 5.41) is 15.4. The van der Waals surface area contributed by atoms with E-state index < -0.39 is 11.6 Å². The van der Waals surface area contributed by atoms with Crippen molar-refractivity contribution < 1.29 is 13.9 Å². The predicted molar refractivity (Wildman–Crippen MR) is 104 cm³/mol. The molecule has 28 heavy (non-hydrogen) atoms. The summed E-state index contributed by atoms with van der Waals surface area (Å²) in [5.74, 6) is -0.534. The number of hydrogen-bond acceptors (Lipinski definition) is 6. The summed E-state index contributed by atoms with van der Waals surface area (Å²) in [6, 6.07) is 9.85. The molecule has 0 aliphatic rings. The molecule has 0 unspecified atom stereocenters. The number of nitrogens with zero attached hydrogens (tertiary/aromatic N) is 3. The van der Waals surface area contributed by atoms with Crippen LogP contribution in [0.25, 0.3) is 11.4 Å². The van der Waals surface area contributed by atoms with Crippen LogP contribution in [0.4, 0.5) is 26.2 Å². The maximum Gasteiger partial charge on any atom is 0.225 e. The Labute approximate surface area is 161 Å². The number of pyridine rings is 1. The van der Waals surface area contributed by atoms with Gasteiger partial charge in [-0.05, 0) is 30.2 Å². The number of benzene rings is 1. The van der Waals surface area contributed by atoms with Crippen LogP contribution in [-0.2, 0) is 0 Å². The van der Waals surface area contributed by atoms with Crippen LogP contribution in [0.15, 0.2) is 48.7 Å². The highest BCUT2D eigenvalue weighted by Crippen LogP contribution is 2.25. The molecule has 0 saturated heterocycles. The fraction of sp³-hybridized carbons (Fsp3) is 0.250. The van der Waals surface area contributed by atoms with Crippen LogP contribution in [-0.4, -0.2) is 32.7 Å². The molecular weight excluding hydrogens is 364 g/mol. The topological polar surface area (TPSA) is 83.0 Å². The Balaban J connectivity index is 2.00. The zero-order valence-corrected chi connectivity index (χ0v) is 15.5. The van der Waals surface area contributed by atoms with Crippen molar-refractivity contribution in [3.05, 3.63) is 60.3 Å². The second-order valence-electron chi connectivity index (χ2n) is 6.60. The minimum atomic E-state index is -0.607. The average molecular weight is 385 g/mol. The number of nitrogens with one attached hydrogen (secondary N) is 2. The third-order valence-corrected chi connectivity index (χ3v) is 4.16. The number of hydrogen-bond donors (Lipinski definition) is 3. The van der Waals surface area contributed by atoms with Gasteiger partial charge in [0.2, 0.25) is 5.95 Å². The molecule has 3 N–H and O–H groups in total. The van der Waals surface area contributed by atoms with Crippen molar-refractivity contribution in [1.29, 1.82) is 0 Å². The van der Waals surface area contributed by atoms with Crippen molar-refractivity contribution >= 4 is 17.5 Å². The molecule has 2 aromatic heterocycles. The molecule has 6 nitrogen and oxygen atoms in total. The molecule has 1 atom stereocenters. The quantitative estimate of drug-likeness (QED) is 0.570. The number of aromatic nitrogens is 3. The van der Waals surface area contributed by atoms with Gasteiger partial charge in [0.05, 0.1) is 29.7 Å². The van der Waals surface area contributed by atoms with Gasteiger partial charge in [0.1, 0.15) is 17.5 Å². The summed E-state index contributed by atoms with van der Waals surface area (Å²) in [5.41, 5.74) is 1.05. The number of aliphatic hydroxyl groups excluding tert-OH is 1. The Morgan fingerprint density at radius 1 is 1.04 bits per heavy atom. The van der Waals surface area contributed by atoms with Gasteiger partial charge in [-0.15, -0.1) is 0 Å². The normalized spacial score (nSPS) is 12.1. The van der Waals surface area contributed by atoms with Gasteiger partial charge in [-0.25, -0.2) is 13.8 Å². The summed E-state index contributed by atoms with van der Waals surface area (Å²) in [6.07, 6.45) is 1.63. The van der Waals surface area contributed by atoms with E-state index >= 15 is 0 Å². The van der Waals surface area contributed by atoms with E-state index in [1.54, 1.807) is 24.4 Å². The van der Waals surface area contributed by atoms with Crippen molar-refractivity contribution in [2.45, 2.75) is 19.9 Å². The van der Waals surface area contributed by atoms with E-state index in [0.29, 0.717) is 11.4 Å². The molecule has 0 aliphatic carbocycles. The molecule has 8 heteroatoms. The Kier molecular flexibility index (Phi) is 6.10. The largest absolute Gasteiger partial charge is 0.394 e. The first-order chi connectivity index (χ1) is 13.5. The van der Waals surface area contributed by atoms with Gasteiger partial charge >= 0.3 is 0 Å². The van der Waals surface area contributed by atoms with Gasteiger partial charge in [0.25, 0.3) is 0 Å². The van der Waals surface area contributed by atoms with E-state index in [4.69, 9.17) is 0 Å². The lowest BCUT2D eigenvalue weighted by Crippen LogP contribution is -2.30. The van der Waals surface area contributed by atoms with Crippen LogP contribution in [0.1, 0.15) is 13.8 Å². The molecule has 3 aromatic rings. The van der Waals surface area contributed by atoms with Gasteiger partial charge in [0, 0.05) is 18.3 Å². The second-order valence-corrected chi connectivity index (χ2v) is 6.60. The molecule has 0 amide bonds. The van der Waals surface area contributed by atoms with E-state index in [1.165, 1.54) is 0 Å². The van der Waals surface area contributed by atoms with Gasteiger partial charge in [0.15, 0.2) is 0 Å². The fourth-order valence-corrected chi connectivity index (χ4v) is 2.54. The highest BCUT2D eigenvalue weighted by molar-refractivity contribution is 5.65. The Hall–Kier alpha value is -3.13. The summed E-state index contributed by atoms with van der Waals surface area (Å²) in [4.78, 5) is 13.1. The Morgan fingerprint density at radius 2 is 1.86 bits per heavy atom. The Bertz CT molecular complexity index is 937. The molecule has 146 valence electrons. The lowest BCUT2D eigenvalue weighted by atomic mass is 10.1. The molecule has 0 saturated carbocycles. The third-order valence-electron chi connectivity index (χ3n) is 4.16. The van der Waals surface area contributed by atoms with Gasteiger partial charge in [-0.3, -0.25) is 4.98 Å². The van der Waals surface area contributed by atoms with Crippen molar-refractivity contribution in [2.24, 2.45) is 5.92 Å². The summed E-state index contributed by atoms with van der Waals surface area (Å²) < 4.78 is 27.5. The zero-order chi connectivity index (χ0) is 20.1. The Morgan fingerprint density at radius 3 is 2.54 bits per heavy atom. The van der Waals surface area contributed by atoms with Crippen LogP contribution in [0, 0.1) is 17.6 Å². The standard InChI is InChI=1S/C20H21F2N5O/c1-12(2)18(11-28)26-20-25-17(15-5-3-4-8-23-15)10-19(27-20)24-16-9-13(21)6-7-14(16)22/h3-10,12,18,28H,11H2,1-2H3,(H2,24,25,26,27)/t18-/m0/s1. The molecule has 0 bridgehead atoms. The SMILES string of the molecule is CC(C)[C@H](CO)Nc1nc(Nc2cc(F)ccc2F)cc(-c2ccccn2)n1. The minimum absolute atomic E-state index is 0.0424. The summed E-state index contributed by atoms with van der Waals surface area (Å²) >= 11 is 0. The molecule has 0 aliphatic heterocycles. The van der Waals surface area contributed by atoms with Gasteiger partial charge in [-0.1, -0.05) is 19.9 Å². The van der Waals surface area contributed by atoms with Crippen LogP contribution < -0.4 is 10.6 Å². The molecule has 2 heterocycles. The summed E-state index contributed by atoms with van der Waals surface area (Å²) in [7, 11) is 0. The highest BCUT2D eigenvalue weighted by atomic mass is 19.1. The lowest BCUT2D eigenvalue weighted by Gasteiger charge is -2.20. The van der Waals surface area contributed by atoms with Crippen molar-refractivity contribution in [2.75, 3.05) is 17.2 Å². The lowest BCUT2D eigenvalue weighted by molar-refractivity contribution is 0.248. The van der Waals surface area contributed by atoms with Gasteiger partial charge in [-0.2, -0.15) is 4.98 Å². The number of rotatable bonds is 7. The van der Waals surface area contributed by atoms with Crippen LogP contribution >= 0.6 is 0 Å². The van der Waals surface area contributed by atoms with E-state index in [1.807, 2.05) is 19.9 Å². The van der Waals surface area contributed by atoms with Crippen molar-refractivity contribution in [3.8, 4) is 11.4 Å².